The maximum Gasteiger partial charge on any atom is 0.418 e. The summed E-state index contributed by atoms with van der Waals surface area (Å²) in [5, 5.41) is 0. The number of alkyl halides is 6. The minimum absolute atomic E-state index is 0.130. The molecule has 0 saturated heterocycles. The molecule has 0 aliphatic rings. The summed E-state index contributed by atoms with van der Waals surface area (Å²) in [5.74, 6) is -1.64. The second-order valence-corrected chi connectivity index (χ2v) is 7.67. The first-order valence-electron chi connectivity index (χ1n) is 9.88. The minimum atomic E-state index is -4.75. The van der Waals surface area contributed by atoms with Gasteiger partial charge in [0.05, 0.1) is 16.8 Å². The first kappa shape index (κ1) is 24.3. The van der Waals surface area contributed by atoms with Crippen LogP contribution in [0.3, 0.4) is 0 Å². The molecule has 3 nitrogen and oxygen atoms in total. The lowest BCUT2D eigenvalue weighted by molar-refractivity contribution is -0.139. The van der Waals surface area contributed by atoms with Crippen molar-refractivity contribution in [3.8, 4) is 0 Å². The van der Waals surface area contributed by atoms with E-state index in [2.05, 4.69) is 4.98 Å². The van der Waals surface area contributed by atoms with E-state index in [0.717, 1.165) is 48.3 Å². The van der Waals surface area contributed by atoms with Gasteiger partial charge in [-0.15, -0.1) is 0 Å². The van der Waals surface area contributed by atoms with Crippen LogP contribution in [0.5, 0.6) is 0 Å². The van der Waals surface area contributed by atoms with Gasteiger partial charge in [0.15, 0.2) is 5.78 Å². The van der Waals surface area contributed by atoms with Crippen LogP contribution in [-0.2, 0) is 12.4 Å². The Bertz CT molecular complexity index is 1100. The van der Waals surface area contributed by atoms with Crippen LogP contribution in [-0.4, -0.2) is 24.9 Å². The molecular formula is C24H20F6N2O. The van der Waals surface area contributed by atoms with Crippen LogP contribution in [0.25, 0.3) is 0 Å². The van der Waals surface area contributed by atoms with Crippen molar-refractivity contribution in [1.29, 1.82) is 0 Å². The van der Waals surface area contributed by atoms with Gasteiger partial charge in [-0.3, -0.25) is 9.78 Å². The van der Waals surface area contributed by atoms with E-state index in [1.807, 2.05) is 19.0 Å². The molecule has 1 heterocycles. The maximum atomic E-state index is 13.6. The van der Waals surface area contributed by atoms with Gasteiger partial charge in [-0.1, -0.05) is 12.1 Å². The predicted molar refractivity (Wildman–Crippen MR) is 112 cm³/mol. The Morgan fingerprint density at radius 2 is 1.48 bits per heavy atom. The van der Waals surface area contributed by atoms with Gasteiger partial charge in [0, 0.05) is 43.9 Å². The molecule has 0 spiro atoms. The third kappa shape index (κ3) is 5.71. The maximum absolute atomic E-state index is 13.6. The monoisotopic (exact) mass is 466 g/mol. The molecule has 1 atom stereocenters. The molecular weight excluding hydrogens is 446 g/mol. The number of Topliss-reactive ketones (excluding diaryl/α,β-unsaturated/α-hetero) is 1. The van der Waals surface area contributed by atoms with Crippen molar-refractivity contribution in [3.63, 3.8) is 0 Å². The Hall–Kier alpha value is -3.36. The molecule has 0 aliphatic carbocycles. The van der Waals surface area contributed by atoms with Crippen LogP contribution in [0.15, 0.2) is 66.9 Å². The minimum Gasteiger partial charge on any atom is -0.378 e. The molecule has 174 valence electrons. The van der Waals surface area contributed by atoms with E-state index in [0.29, 0.717) is 0 Å². The first-order chi connectivity index (χ1) is 15.4. The van der Waals surface area contributed by atoms with E-state index in [4.69, 9.17) is 0 Å². The summed E-state index contributed by atoms with van der Waals surface area (Å²) >= 11 is 0. The quantitative estimate of drug-likeness (QED) is 0.304. The molecule has 2 aromatic carbocycles. The van der Waals surface area contributed by atoms with Gasteiger partial charge in [0.1, 0.15) is 0 Å². The number of hydrogen-bond acceptors (Lipinski definition) is 3. The standard InChI is InChI=1S/C24H20F6N2O/c1-32(2)18-11-7-16(8-12-18)21(33)14-19(15-5-9-17(10-6-15)23(25,26)27)22-20(24(28,29)30)4-3-13-31-22/h3-13,19H,14H2,1-2H3/t19-/m0/s1. The van der Waals surface area contributed by atoms with Crippen LogP contribution >= 0.6 is 0 Å². The van der Waals surface area contributed by atoms with Crippen molar-refractivity contribution in [2.24, 2.45) is 0 Å². The molecule has 3 aromatic rings. The zero-order chi connectivity index (χ0) is 24.4. The Morgan fingerprint density at radius 1 is 0.879 bits per heavy atom. The largest absolute Gasteiger partial charge is 0.418 e. The summed E-state index contributed by atoms with van der Waals surface area (Å²) in [4.78, 5) is 18.7. The van der Waals surface area contributed by atoms with Crippen LogP contribution in [0.1, 0.15) is 45.1 Å². The van der Waals surface area contributed by atoms with Gasteiger partial charge in [-0.2, -0.15) is 26.3 Å². The zero-order valence-electron chi connectivity index (χ0n) is 17.7. The normalized spacial score (nSPS) is 13.0. The van der Waals surface area contributed by atoms with Crippen molar-refractivity contribution in [2.45, 2.75) is 24.7 Å². The number of anilines is 1. The van der Waals surface area contributed by atoms with Crippen molar-refractivity contribution < 1.29 is 31.1 Å². The number of aromatic nitrogens is 1. The van der Waals surface area contributed by atoms with Gasteiger partial charge >= 0.3 is 12.4 Å². The number of carbonyl (C=O) groups excluding carboxylic acids is 1. The van der Waals surface area contributed by atoms with Gasteiger partial charge in [-0.05, 0) is 54.1 Å². The molecule has 0 saturated carbocycles. The van der Waals surface area contributed by atoms with E-state index in [9.17, 15) is 31.1 Å². The van der Waals surface area contributed by atoms with Crippen LogP contribution in [0, 0.1) is 0 Å². The molecule has 0 unspecified atom stereocenters. The van der Waals surface area contributed by atoms with Crippen LogP contribution < -0.4 is 4.90 Å². The van der Waals surface area contributed by atoms with Gasteiger partial charge in [0.25, 0.3) is 0 Å². The van der Waals surface area contributed by atoms with E-state index >= 15 is 0 Å². The number of hydrogen-bond donors (Lipinski definition) is 0. The van der Waals surface area contributed by atoms with Crippen molar-refractivity contribution in [3.05, 3.63) is 94.8 Å². The summed E-state index contributed by atoms with van der Waals surface area (Å²) in [6.07, 6.45) is -8.57. The molecule has 0 fully saturated rings. The summed E-state index contributed by atoms with van der Waals surface area (Å²) < 4.78 is 79.8. The average Bonchev–Trinajstić information content (AvgIpc) is 2.76. The fraction of sp³-hybridized carbons (Fsp3) is 0.250. The van der Waals surface area contributed by atoms with Crippen LogP contribution in [0.2, 0.25) is 0 Å². The van der Waals surface area contributed by atoms with Gasteiger partial charge in [-0.25, -0.2) is 0 Å². The van der Waals surface area contributed by atoms with E-state index < -0.39 is 47.3 Å². The molecule has 33 heavy (non-hydrogen) atoms. The zero-order valence-corrected chi connectivity index (χ0v) is 17.7. The fourth-order valence-electron chi connectivity index (χ4n) is 3.46. The van der Waals surface area contributed by atoms with Crippen molar-refractivity contribution in [1.82, 2.24) is 4.98 Å². The number of benzene rings is 2. The summed E-state index contributed by atoms with van der Waals surface area (Å²) in [6, 6.07) is 12.2. The third-order valence-corrected chi connectivity index (χ3v) is 5.21. The predicted octanol–water partition coefficient (Wildman–Crippen LogP) is 6.59. The van der Waals surface area contributed by atoms with Gasteiger partial charge < -0.3 is 4.90 Å². The number of nitrogens with zero attached hydrogens (tertiary/aromatic N) is 2. The topological polar surface area (TPSA) is 33.2 Å². The number of pyridine rings is 1. The van der Waals surface area contributed by atoms with E-state index in [1.165, 1.54) is 0 Å². The fourth-order valence-corrected chi connectivity index (χ4v) is 3.46. The summed E-state index contributed by atoms with van der Waals surface area (Å²) in [6.45, 7) is 0. The highest BCUT2D eigenvalue weighted by atomic mass is 19.4. The highest BCUT2D eigenvalue weighted by molar-refractivity contribution is 5.97. The molecule has 0 amide bonds. The SMILES string of the molecule is CN(C)c1ccc(C(=O)C[C@@H](c2ccc(C(F)(F)F)cc2)c2ncccc2C(F)(F)F)cc1. The number of halogens is 6. The lowest BCUT2D eigenvalue weighted by Gasteiger charge is -2.21. The highest BCUT2D eigenvalue weighted by Gasteiger charge is 2.37. The van der Waals surface area contributed by atoms with Crippen LogP contribution in [0.4, 0.5) is 32.0 Å². The van der Waals surface area contributed by atoms with E-state index in [-0.39, 0.29) is 11.1 Å². The number of carbonyl (C=O) groups is 1. The van der Waals surface area contributed by atoms with Crippen molar-refractivity contribution in [2.75, 3.05) is 19.0 Å². The Labute approximate surface area is 186 Å². The molecule has 0 radical (unpaired) electrons. The average molecular weight is 466 g/mol. The molecule has 1 aromatic heterocycles. The first-order valence-corrected chi connectivity index (χ1v) is 9.88. The number of ketones is 1. The smallest absolute Gasteiger partial charge is 0.378 e. The highest BCUT2D eigenvalue weighted by Crippen LogP contribution is 2.39. The molecule has 0 bridgehead atoms. The second kappa shape index (κ2) is 9.25. The second-order valence-electron chi connectivity index (χ2n) is 7.67. The van der Waals surface area contributed by atoms with Gasteiger partial charge in [0.2, 0.25) is 0 Å². The summed E-state index contributed by atoms with van der Waals surface area (Å²) in [7, 11) is 3.63. The molecule has 0 aliphatic heterocycles. The Balaban J connectivity index is 2.04. The summed E-state index contributed by atoms with van der Waals surface area (Å²) in [5.41, 5.74) is -1.15. The molecule has 0 N–H and O–H groups in total. The Kier molecular flexibility index (Phi) is 6.81. The lowest BCUT2D eigenvalue weighted by Crippen LogP contribution is -2.17. The number of rotatable bonds is 6. The molecule has 3 rings (SSSR count). The third-order valence-electron chi connectivity index (χ3n) is 5.21. The molecule has 9 heteroatoms. The lowest BCUT2D eigenvalue weighted by atomic mass is 9.86. The Morgan fingerprint density at radius 3 is 2.00 bits per heavy atom. The van der Waals surface area contributed by atoms with Crippen molar-refractivity contribution >= 4 is 11.5 Å². The van der Waals surface area contributed by atoms with E-state index in [1.54, 1.807) is 24.3 Å².